The molecule has 0 spiro atoms. The molecule has 4 rings (SSSR count). The first-order valence-electron chi connectivity index (χ1n) is 8.82. The van der Waals surface area contributed by atoms with Crippen LogP contribution in [0.3, 0.4) is 0 Å². The summed E-state index contributed by atoms with van der Waals surface area (Å²) in [6, 6.07) is 21.8. The number of benzene rings is 3. The van der Waals surface area contributed by atoms with E-state index >= 15 is 0 Å². The van der Waals surface area contributed by atoms with Crippen molar-refractivity contribution >= 4 is 11.6 Å². The van der Waals surface area contributed by atoms with Gasteiger partial charge in [0.25, 0.3) is 0 Å². The predicted molar refractivity (Wildman–Crippen MR) is 105 cm³/mol. The molecule has 138 valence electrons. The van der Waals surface area contributed by atoms with E-state index in [0.29, 0.717) is 24.7 Å². The van der Waals surface area contributed by atoms with Crippen LogP contribution in [-0.4, -0.2) is 6.79 Å². The number of rotatable bonds is 7. The molecule has 0 radical (unpaired) electrons. The van der Waals surface area contributed by atoms with Crippen LogP contribution in [-0.2, 0) is 19.7 Å². The lowest BCUT2D eigenvalue weighted by molar-refractivity contribution is 0.174. The highest BCUT2D eigenvalue weighted by atomic mass is 35.5. The van der Waals surface area contributed by atoms with Crippen molar-refractivity contribution < 1.29 is 14.2 Å². The van der Waals surface area contributed by atoms with Crippen molar-refractivity contribution in [3.05, 3.63) is 88.4 Å². The van der Waals surface area contributed by atoms with Crippen LogP contribution in [0, 0.1) is 0 Å². The van der Waals surface area contributed by atoms with Crippen LogP contribution in [0.25, 0.3) is 0 Å². The second kappa shape index (κ2) is 8.33. The summed E-state index contributed by atoms with van der Waals surface area (Å²) >= 11 is 6.18. The first-order valence-corrected chi connectivity index (χ1v) is 9.20. The van der Waals surface area contributed by atoms with Crippen LogP contribution in [0.5, 0.6) is 17.2 Å². The van der Waals surface area contributed by atoms with E-state index in [9.17, 15) is 0 Å². The molecule has 0 aromatic heterocycles. The van der Waals surface area contributed by atoms with E-state index in [2.05, 4.69) is 5.32 Å². The number of hydrogen-bond donors (Lipinski definition) is 1. The molecule has 0 amide bonds. The van der Waals surface area contributed by atoms with Gasteiger partial charge in [-0.15, -0.1) is 0 Å². The van der Waals surface area contributed by atoms with Crippen molar-refractivity contribution in [1.29, 1.82) is 0 Å². The maximum Gasteiger partial charge on any atom is 0.231 e. The Hall–Kier alpha value is -2.69. The maximum absolute atomic E-state index is 6.18. The Morgan fingerprint density at radius 3 is 2.59 bits per heavy atom. The molecule has 1 aliphatic heterocycles. The van der Waals surface area contributed by atoms with Crippen molar-refractivity contribution in [3.8, 4) is 17.2 Å². The molecule has 5 heteroatoms. The van der Waals surface area contributed by atoms with Gasteiger partial charge in [-0.2, -0.15) is 0 Å². The molecule has 0 saturated heterocycles. The van der Waals surface area contributed by atoms with E-state index in [-0.39, 0.29) is 6.79 Å². The van der Waals surface area contributed by atoms with Crippen LogP contribution in [0.15, 0.2) is 66.7 Å². The fourth-order valence-corrected chi connectivity index (χ4v) is 3.15. The largest absolute Gasteiger partial charge is 0.489 e. The Morgan fingerprint density at radius 1 is 0.852 bits per heavy atom. The minimum Gasteiger partial charge on any atom is -0.489 e. The molecule has 3 aromatic carbocycles. The molecule has 0 fully saturated rings. The van der Waals surface area contributed by atoms with Crippen molar-refractivity contribution in [2.24, 2.45) is 0 Å². The quantitative estimate of drug-likeness (QED) is 0.629. The highest BCUT2D eigenvalue weighted by Gasteiger charge is 2.13. The molecule has 0 saturated carbocycles. The van der Waals surface area contributed by atoms with Gasteiger partial charge in [0.15, 0.2) is 11.5 Å². The zero-order valence-electron chi connectivity index (χ0n) is 14.8. The summed E-state index contributed by atoms with van der Waals surface area (Å²) in [6.45, 7) is 2.18. The zero-order chi connectivity index (χ0) is 18.5. The summed E-state index contributed by atoms with van der Waals surface area (Å²) in [5.41, 5.74) is 3.29. The van der Waals surface area contributed by atoms with Gasteiger partial charge in [0.05, 0.1) is 0 Å². The lowest BCUT2D eigenvalue weighted by atomic mass is 10.1. The Morgan fingerprint density at radius 2 is 1.70 bits per heavy atom. The first-order chi connectivity index (χ1) is 13.3. The Bertz CT molecular complexity index is 915. The standard InChI is InChI=1S/C22H20ClNO3/c23-19-7-9-20(25-14-16-4-2-1-3-5-16)18(11-19)13-24-12-17-6-8-21-22(10-17)27-15-26-21/h1-11,24H,12-15H2. The molecular formula is C22H20ClNO3. The summed E-state index contributed by atoms with van der Waals surface area (Å²) in [5, 5.41) is 4.14. The molecular weight excluding hydrogens is 362 g/mol. The normalized spacial score (nSPS) is 12.2. The average Bonchev–Trinajstić information content (AvgIpc) is 3.16. The van der Waals surface area contributed by atoms with Crippen LogP contribution in [0.2, 0.25) is 5.02 Å². The lowest BCUT2D eigenvalue weighted by Gasteiger charge is -2.13. The molecule has 4 nitrogen and oxygen atoms in total. The van der Waals surface area contributed by atoms with Gasteiger partial charge in [0, 0.05) is 23.7 Å². The van der Waals surface area contributed by atoms with Gasteiger partial charge < -0.3 is 19.5 Å². The van der Waals surface area contributed by atoms with Crippen LogP contribution in [0.1, 0.15) is 16.7 Å². The van der Waals surface area contributed by atoms with Crippen molar-refractivity contribution in [3.63, 3.8) is 0 Å². The second-order valence-corrected chi connectivity index (χ2v) is 6.75. The number of ether oxygens (including phenoxy) is 3. The average molecular weight is 382 g/mol. The molecule has 1 heterocycles. The van der Waals surface area contributed by atoms with Crippen LogP contribution >= 0.6 is 11.6 Å². The third-order valence-corrected chi connectivity index (χ3v) is 4.58. The molecule has 27 heavy (non-hydrogen) atoms. The van der Waals surface area contributed by atoms with E-state index in [4.69, 9.17) is 25.8 Å². The smallest absolute Gasteiger partial charge is 0.231 e. The molecule has 0 atom stereocenters. The zero-order valence-corrected chi connectivity index (χ0v) is 15.5. The van der Waals surface area contributed by atoms with E-state index in [1.54, 1.807) is 0 Å². The Labute approximate surface area is 163 Å². The SMILES string of the molecule is Clc1ccc(OCc2ccccc2)c(CNCc2ccc3c(c2)OCO3)c1. The molecule has 1 N–H and O–H groups in total. The Balaban J connectivity index is 1.38. The number of halogens is 1. The van der Waals surface area contributed by atoms with E-state index < -0.39 is 0 Å². The topological polar surface area (TPSA) is 39.7 Å². The van der Waals surface area contributed by atoms with Gasteiger partial charge in [-0.05, 0) is 41.5 Å². The van der Waals surface area contributed by atoms with Crippen molar-refractivity contribution in [2.45, 2.75) is 19.7 Å². The second-order valence-electron chi connectivity index (χ2n) is 6.32. The van der Waals surface area contributed by atoms with Gasteiger partial charge in [-0.25, -0.2) is 0 Å². The fraction of sp³-hybridized carbons (Fsp3) is 0.182. The fourth-order valence-electron chi connectivity index (χ4n) is 2.95. The van der Waals surface area contributed by atoms with Gasteiger partial charge >= 0.3 is 0 Å². The summed E-state index contributed by atoms with van der Waals surface area (Å²) in [6.07, 6.45) is 0. The number of fused-ring (bicyclic) bond motifs is 1. The van der Waals surface area contributed by atoms with E-state index in [1.807, 2.05) is 66.7 Å². The minimum absolute atomic E-state index is 0.289. The van der Waals surface area contributed by atoms with Gasteiger partial charge in [-0.3, -0.25) is 0 Å². The minimum atomic E-state index is 0.289. The number of hydrogen-bond acceptors (Lipinski definition) is 4. The monoisotopic (exact) mass is 381 g/mol. The molecule has 1 aliphatic rings. The van der Waals surface area contributed by atoms with Gasteiger partial charge in [-0.1, -0.05) is 48.0 Å². The van der Waals surface area contributed by atoms with E-state index in [1.165, 1.54) is 0 Å². The highest BCUT2D eigenvalue weighted by molar-refractivity contribution is 6.30. The van der Waals surface area contributed by atoms with Gasteiger partial charge in [0.2, 0.25) is 6.79 Å². The van der Waals surface area contributed by atoms with Crippen LogP contribution < -0.4 is 19.5 Å². The highest BCUT2D eigenvalue weighted by Crippen LogP contribution is 2.32. The van der Waals surface area contributed by atoms with Crippen molar-refractivity contribution in [2.75, 3.05) is 6.79 Å². The molecule has 0 unspecified atom stereocenters. The third-order valence-electron chi connectivity index (χ3n) is 4.34. The van der Waals surface area contributed by atoms with Crippen LogP contribution in [0.4, 0.5) is 0 Å². The molecule has 0 aliphatic carbocycles. The molecule has 3 aromatic rings. The third kappa shape index (κ3) is 4.54. The number of nitrogens with one attached hydrogen (secondary N) is 1. The Kier molecular flexibility index (Phi) is 5.47. The predicted octanol–water partition coefficient (Wildman–Crippen LogP) is 4.94. The van der Waals surface area contributed by atoms with E-state index in [0.717, 1.165) is 33.9 Å². The summed E-state index contributed by atoms with van der Waals surface area (Å²) < 4.78 is 16.8. The summed E-state index contributed by atoms with van der Waals surface area (Å²) in [5.74, 6) is 2.43. The maximum atomic E-state index is 6.18. The lowest BCUT2D eigenvalue weighted by Crippen LogP contribution is -2.13. The first kappa shape index (κ1) is 17.7. The summed E-state index contributed by atoms with van der Waals surface area (Å²) in [4.78, 5) is 0. The van der Waals surface area contributed by atoms with Gasteiger partial charge in [0.1, 0.15) is 12.4 Å². The summed E-state index contributed by atoms with van der Waals surface area (Å²) in [7, 11) is 0. The van der Waals surface area contributed by atoms with Crippen molar-refractivity contribution in [1.82, 2.24) is 5.32 Å². The molecule has 0 bridgehead atoms.